The Labute approximate surface area is 190 Å². The number of sulfonamides is 1. The van der Waals surface area contributed by atoms with Crippen LogP contribution >= 0.6 is 11.3 Å². The summed E-state index contributed by atoms with van der Waals surface area (Å²) in [6.45, 7) is 1.19. The Morgan fingerprint density at radius 3 is 2.44 bits per heavy atom. The minimum atomic E-state index is -3.63. The highest BCUT2D eigenvalue weighted by atomic mass is 32.2. The number of aromatic nitrogens is 1. The van der Waals surface area contributed by atoms with Crippen LogP contribution in [0.3, 0.4) is 0 Å². The molecule has 1 aliphatic carbocycles. The first-order chi connectivity index (χ1) is 15.4. The fourth-order valence-electron chi connectivity index (χ4n) is 4.58. The van der Waals surface area contributed by atoms with E-state index in [1.54, 1.807) is 21.6 Å². The zero-order chi connectivity index (χ0) is 22.3. The number of thiazole rings is 1. The van der Waals surface area contributed by atoms with Gasteiger partial charge in [0, 0.05) is 36.8 Å². The number of fused-ring (bicyclic) bond motifs is 2. The standard InChI is InChI=1S/C23H25N3O4S2/c27-22(16-26-20-7-3-4-8-21(20)31-23(26)28)24-11-13-25(14-12-24)32(29,30)19-10-9-17-5-1-2-6-18(17)15-19/h1-2,5-6,9-10,15H,3-4,7-8,11-14,16H2. The fraction of sp³-hybridized carbons (Fsp3) is 0.391. The lowest BCUT2D eigenvalue weighted by molar-refractivity contribution is -0.133. The van der Waals surface area contributed by atoms with Crippen molar-refractivity contribution in [3.8, 4) is 0 Å². The lowest BCUT2D eigenvalue weighted by Gasteiger charge is -2.34. The van der Waals surface area contributed by atoms with E-state index in [1.807, 2.05) is 30.3 Å². The molecule has 0 saturated carbocycles. The minimum Gasteiger partial charge on any atom is -0.338 e. The molecule has 0 radical (unpaired) electrons. The van der Waals surface area contributed by atoms with Gasteiger partial charge in [-0.2, -0.15) is 4.31 Å². The number of carbonyl (C=O) groups is 1. The van der Waals surface area contributed by atoms with Crippen molar-refractivity contribution >= 4 is 38.0 Å². The summed E-state index contributed by atoms with van der Waals surface area (Å²) < 4.78 is 29.4. The molecule has 7 nitrogen and oxygen atoms in total. The maximum Gasteiger partial charge on any atom is 0.308 e. The Morgan fingerprint density at radius 1 is 0.938 bits per heavy atom. The second-order valence-electron chi connectivity index (χ2n) is 8.32. The molecule has 2 heterocycles. The second kappa shape index (κ2) is 8.46. The summed E-state index contributed by atoms with van der Waals surface area (Å²) in [5, 5.41) is 1.87. The van der Waals surface area contributed by atoms with Crippen molar-refractivity contribution in [1.82, 2.24) is 13.8 Å². The second-order valence-corrected chi connectivity index (χ2v) is 11.3. The third-order valence-electron chi connectivity index (χ3n) is 6.39. The number of hydrogen-bond acceptors (Lipinski definition) is 5. The number of carbonyl (C=O) groups excluding carboxylic acids is 1. The first-order valence-corrected chi connectivity index (χ1v) is 13.2. The van der Waals surface area contributed by atoms with Gasteiger partial charge in [0.25, 0.3) is 0 Å². The summed E-state index contributed by atoms with van der Waals surface area (Å²) >= 11 is 1.26. The van der Waals surface area contributed by atoms with Gasteiger partial charge in [0.05, 0.1) is 4.90 Å². The smallest absolute Gasteiger partial charge is 0.308 e. The van der Waals surface area contributed by atoms with Gasteiger partial charge in [-0.3, -0.25) is 14.2 Å². The molecular weight excluding hydrogens is 446 g/mol. The summed E-state index contributed by atoms with van der Waals surface area (Å²) in [5.74, 6) is -0.124. The molecule has 0 N–H and O–H groups in total. The molecule has 0 bridgehead atoms. The quantitative estimate of drug-likeness (QED) is 0.586. The van der Waals surface area contributed by atoms with Gasteiger partial charge in [0.15, 0.2) is 0 Å². The van der Waals surface area contributed by atoms with Gasteiger partial charge in [-0.25, -0.2) is 8.42 Å². The van der Waals surface area contributed by atoms with Crippen LogP contribution in [-0.2, 0) is 34.2 Å². The van der Waals surface area contributed by atoms with E-state index in [0.717, 1.165) is 47.0 Å². The van der Waals surface area contributed by atoms with Crippen LogP contribution in [0.25, 0.3) is 10.8 Å². The van der Waals surface area contributed by atoms with E-state index in [2.05, 4.69) is 0 Å². The molecule has 1 amide bonds. The highest BCUT2D eigenvalue weighted by Gasteiger charge is 2.31. The van der Waals surface area contributed by atoms with Gasteiger partial charge in [-0.1, -0.05) is 41.7 Å². The highest BCUT2D eigenvalue weighted by molar-refractivity contribution is 7.89. The number of nitrogens with zero attached hydrogens (tertiary/aromatic N) is 3. The van der Waals surface area contributed by atoms with E-state index in [0.29, 0.717) is 13.1 Å². The number of aryl methyl sites for hydroxylation is 1. The number of piperazine rings is 1. The van der Waals surface area contributed by atoms with E-state index in [4.69, 9.17) is 0 Å². The van der Waals surface area contributed by atoms with Crippen LogP contribution in [0.2, 0.25) is 0 Å². The average molecular weight is 472 g/mol. The van der Waals surface area contributed by atoms with E-state index >= 15 is 0 Å². The van der Waals surface area contributed by atoms with Gasteiger partial charge in [-0.15, -0.1) is 0 Å². The van der Waals surface area contributed by atoms with E-state index in [9.17, 15) is 18.0 Å². The molecule has 32 heavy (non-hydrogen) atoms. The van der Waals surface area contributed by atoms with Crippen molar-refractivity contribution in [2.75, 3.05) is 26.2 Å². The van der Waals surface area contributed by atoms with Crippen LogP contribution in [0.5, 0.6) is 0 Å². The third-order valence-corrected chi connectivity index (χ3v) is 9.37. The molecule has 0 spiro atoms. The molecule has 168 valence electrons. The lowest BCUT2D eigenvalue weighted by atomic mass is 10.0. The zero-order valence-corrected chi connectivity index (χ0v) is 19.3. The Hall–Kier alpha value is -2.49. The monoisotopic (exact) mass is 471 g/mol. The van der Waals surface area contributed by atoms with Crippen molar-refractivity contribution in [3.05, 3.63) is 62.7 Å². The van der Waals surface area contributed by atoms with Crippen LogP contribution in [0, 0.1) is 0 Å². The Kier molecular flexibility index (Phi) is 5.65. The van der Waals surface area contributed by atoms with Crippen LogP contribution in [0.15, 0.2) is 52.2 Å². The van der Waals surface area contributed by atoms with Gasteiger partial charge < -0.3 is 4.90 Å². The Balaban J connectivity index is 1.27. The molecule has 5 rings (SSSR count). The zero-order valence-electron chi connectivity index (χ0n) is 17.7. The fourth-order valence-corrected chi connectivity index (χ4v) is 7.11. The van der Waals surface area contributed by atoms with Gasteiger partial charge >= 0.3 is 4.87 Å². The molecule has 1 saturated heterocycles. The van der Waals surface area contributed by atoms with Crippen molar-refractivity contribution in [3.63, 3.8) is 0 Å². The third kappa shape index (κ3) is 3.89. The van der Waals surface area contributed by atoms with Crippen LogP contribution in [0.4, 0.5) is 0 Å². The van der Waals surface area contributed by atoms with Gasteiger partial charge in [0.2, 0.25) is 15.9 Å². The SMILES string of the molecule is O=C(Cn1c2c(sc1=O)CCCC2)N1CCN(S(=O)(=O)c2ccc3ccccc3c2)CC1. The van der Waals surface area contributed by atoms with Crippen LogP contribution in [0.1, 0.15) is 23.4 Å². The van der Waals surface area contributed by atoms with Crippen molar-refractivity contribution in [2.45, 2.75) is 37.1 Å². The normalized spacial score (nSPS) is 17.4. The van der Waals surface area contributed by atoms with Crippen molar-refractivity contribution in [2.24, 2.45) is 0 Å². The summed E-state index contributed by atoms with van der Waals surface area (Å²) in [5.41, 5.74) is 1.01. The van der Waals surface area contributed by atoms with Gasteiger partial charge in [-0.05, 0) is 48.6 Å². The number of amides is 1. The van der Waals surface area contributed by atoms with E-state index < -0.39 is 10.0 Å². The molecule has 1 fully saturated rings. The summed E-state index contributed by atoms with van der Waals surface area (Å²) in [6, 6.07) is 12.8. The van der Waals surface area contributed by atoms with E-state index in [1.165, 1.54) is 15.6 Å². The average Bonchev–Trinajstić information content (AvgIpc) is 3.13. The summed E-state index contributed by atoms with van der Waals surface area (Å²) in [6.07, 6.45) is 3.90. The molecule has 2 aliphatic rings. The van der Waals surface area contributed by atoms with Crippen LogP contribution in [-0.4, -0.2) is 54.3 Å². The minimum absolute atomic E-state index is 0.0437. The number of hydrogen-bond donors (Lipinski definition) is 0. The van der Waals surface area contributed by atoms with Crippen LogP contribution < -0.4 is 4.87 Å². The predicted molar refractivity (Wildman–Crippen MR) is 125 cm³/mol. The molecule has 1 aliphatic heterocycles. The molecule has 1 aromatic heterocycles. The maximum atomic E-state index is 13.1. The Bertz CT molecular complexity index is 1330. The molecular formula is C23H25N3O4S2. The Morgan fingerprint density at radius 2 is 1.66 bits per heavy atom. The molecule has 9 heteroatoms. The maximum absolute atomic E-state index is 13.1. The number of benzene rings is 2. The first kappa shape index (κ1) is 21.4. The van der Waals surface area contributed by atoms with E-state index in [-0.39, 0.29) is 35.3 Å². The van der Waals surface area contributed by atoms with Gasteiger partial charge in [0.1, 0.15) is 6.54 Å². The highest BCUT2D eigenvalue weighted by Crippen LogP contribution is 2.25. The first-order valence-electron chi connectivity index (χ1n) is 10.9. The molecule has 3 aromatic rings. The molecule has 0 atom stereocenters. The number of rotatable bonds is 4. The predicted octanol–water partition coefficient (Wildman–Crippen LogP) is 2.47. The van der Waals surface area contributed by atoms with Crippen molar-refractivity contribution < 1.29 is 13.2 Å². The molecule has 2 aromatic carbocycles. The summed E-state index contributed by atoms with van der Waals surface area (Å²) in [4.78, 5) is 28.2. The van der Waals surface area contributed by atoms with Crippen molar-refractivity contribution in [1.29, 1.82) is 0 Å². The topological polar surface area (TPSA) is 79.7 Å². The lowest BCUT2D eigenvalue weighted by Crippen LogP contribution is -2.51. The summed E-state index contributed by atoms with van der Waals surface area (Å²) in [7, 11) is -3.63. The largest absolute Gasteiger partial charge is 0.338 e. The molecule has 0 unspecified atom stereocenters.